The Morgan fingerprint density at radius 3 is 1.91 bits per heavy atom. The van der Waals surface area contributed by atoms with Gasteiger partial charge in [0.2, 0.25) is 0 Å². The average molecular weight is 294 g/mol. The van der Waals surface area contributed by atoms with Crippen LogP contribution in [0.4, 0.5) is 0 Å². The summed E-state index contributed by atoms with van der Waals surface area (Å²) in [6.07, 6.45) is 2.86. The minimum absolute atomic E-state index is 0.0234. The van der Waals surface area contributed by atoms with Gasteiger partial charge in [0.05, 0.1) is 0 Å². The number of carbonyl (C=O) groups excluding carboxylic acids is 1. The molecule has 1 atom stereocenters. The molecule has 3 heteroatoms. The van der Waals surface area contributed by atoms with Crippen LogP contribution < -0.4 is 9.47 Å². The molecule has 0 bridgehead atoms. The van der Waals surface area contributed by atoms with E-state index in [-0.39, 0.29) is 6.10 Å². The van der Waals surface area contributed by atoms with Gasteiger partial charge in [-0.1, -0.05) is 43.5 Å². The molecule has 0 amide bonds. The van der Waals surface area contributed by atoms with E-state index >= 15 is 0 Å². The zero-order chi connectivity index (χ0) is 15.9. The predicted octanol–water partition coefficient (Wildman–Crippen LogP) is 4.40. The topological polar surface area (TPSA) is 35.5 Å². The van der Waals surface area contributed by atoms with Gasteiger partial charge in [-0.25, -0.2) is 4.79 Å². The molecule has 0 aliphatic carbocycles. The molecular weight excluding hydrogens is 276 g/mol. The number of hydrogen-bond acceptors (Lipinski definition) is 3. The van der Waals surface area contributed by atoms with Crippen LogP contribution in [0, 0.1) is 0 Å². The molecule has 1 unspecified atom stereocenters. The van der Waals surface area contributed by atoms with Crippen LogP contribution >= 0.6 is 0 Å². The van der Waals surface area contributed by atoms with Gasteiger partial charge in [-0.3, -0.25) is 0 Å². The molecule has 0 saturated heterocycles. The standard InChI is InChI=1S/C19H18O3/c1-4-14(3)21-17-10-6-15(7-11-17)16-8-12-18(13-9-16)22-19(20)5-2/h4-14H,1-2H2,3H3. The minimum atomic E-state index is -0.467. The van der Waals surface area contributed by atoms with E-state index in [4.69, 9.17) is 9.47 Å². The van der Waals surface area contributed by atoms with Gasteiger partial charge >= 0.3 is 5.97 Å². The maximum atomic E-state index is 11.1. The Balaban J connectivity index is 2.09. The van der Waals surface area contributed by atoms with Crippen LogP contribution in [0.15, 0.2) is 73.8 Å². The van der Waals surface area contributed by atoms with Gasteiger partial charge in [0.1, 0.15) is 17.6 Å². The zero-order valence-electron chi connectivity index (χ0n) is 12.5. The highest BCUT2D eigenvalue weighted by Gasteiger charge is 2.03. The molecule has 2 aromatic carbocycles. The molecule has 3 nitrogen and oxygen atoms in total. The minimum Gasteiger partial charge on any atom is -0.487 e. The summed E-state index contributed by atoms with van der Waals surface area (Å²) in [5, 5.41) is 0. The molecule has 0 aromatic heterocycles. The summed E-state index contributed by atoms with van der Waals surface area (Å²) < 4.78 is 10.7. The quantitative estimate of drug-likeness (QED) is 0.343. The van der Waals surface area contributed by atoms with Crippen molar-refractivity contribution in [2.45, 2.75) is 13.0 Å². The molecule has 0 fully saturated rings. The van der Waals surface area contributed by atoms with Crippen molar-refractivity contribution >= 4 is 5.97 Å². The van der Waals surface area contributed by atoms with E-state index in [1.54, 1.807) is 18.2 Å². The maximum Gasteiger partial charge on any atom is 0.335 e. The van der Waals surface area contributed by atoms with E-state index in [0.717, 1.165) is 23.0 Å². The first-order valence-corrected chi connectivity index (χ1v) is 6.96. The first-order valence-electron chi connectivity index (χ1n) is 6.96. The lowest BCUT2D eigenvalue weighted by atomic mass is 10.1. The lowest BCUT2D eigenvalue weighted by Crippen LogP contribution is -2.06. The maximum absolute atomic E-state index is 11.1. The van der Waals surface area contributed by atoms with Crippen molar-refractivity contribution in [2.24, 2.45) is 0 Å². The Bertz CT molecular complexity index is 654. The summed E-state index contributed by atoms with van der Waals surface area (Å²) in [6, 6.07) is 15.1. The smallest absolute Gasteiger partial charge is 0.335 e. The fourth-order valence-corrected chi connectivity index (χ4v) is 1.86. The Morgan fingerprint density at radius 1 is 0.955 bits per heavy atom. The second kappa shape index (κ2) is 7.27. The first kappa shape index (κ1) is 15.6. The van der Waals surface area contributed by atoms with Crippen LogP contribution in [0.5, 0.6) is 11.5 Å². The van der Waals surface area contributed by atoms with E-state index in [1.165, 1.54) is 0 Å². The molecule has 112 valence electrons. The van der Waals surface area contributed by atoms with E-state index in [0.29, 0.717) is 5.75 Å². The van der Waals surface area contributed by atoms with Crippen molar-refractivity contribution in [1.29, 1.82) is 0 Å². The molecule has 0 radical (unpaired) electrons. The molecule has 0 N–H and O–H groups in total. The van der Waals surface area contributed by atoms with Crippen molar-refractivity contribution in [2.75, 3.05) is 0 Å². The normalized spacial score (nSPS) is 11.3. The van der Waals surface area contributed by atoms with Gasteiger partial charge in [-0.05, 0) is 42.3 Å². The molecule has 0 spiro atoms. The second-order valence-electron chi connectivity index (χ2n) is 4.73. The molecule has 0 heterocycles. The number of rotatable bonds is 6. The van der Waals surface area contributed by atoms with Crippen molar-refractivity contribution in [1.82, 2.24) is 0 Å². The molecule has 2 aromatic rings. The van der Waals surface area contributed by atoms with E-state index in [1.807, 2.05) is 43.3 Å². The summed E-state index contributed by atoms with van der Waals surface area (Å²) >= 11 is 0. The van der Waals surface area contributed by atoms with Crippen molar-refractivity contribution in [3.8, 4) is 22.6 Å². The fourth-order valence-electron chi connectivity index (χ4n) is 1.86. The molecule has 0 saturated carbocycles. The largest absolute Gasteiger partial charge is 0.487 e. The van der Waals surface area contributed by atoms with Gasteiger partial charge in [0, 0.05) is 6.08 Å². The SMILES string of the molecule is C=CC(=O)Oc1ccc(-c2ccc(OC(C)C=C)cc2)cc1. The Kier molecular flexibility index (Phi) is 5.15. The highest BCUT2D eigenvalue weighted by Crippen LogP contribution is 2.25. The monoisotopic (exact) mass is 294 g/mol. The summed E-state index contributed by atoms with van der Waals surface area (Å²) in [5.41, 5.74) is 2.09. The Hall–Kier alpha value is -2.81. The van der Waals surface area contributed by atoms with E-state index < -0.39 is 5.97 Å². The highest BCUT2D eigenvalue weighted by atomic mass is 16.5. The Morgan fingerprint density at radius 2 is 1.45 bits per heavy atom. The second-order valence-corrected chi connectivity index (χ2v) is 4.73. The predicted molar refractivity (Wildman–Crippen MR) is 88.0 cm³/mol. The van der Waals surface area contributed by atoms with Crippen molar-refractivity contribution in [3.05, 3.63) is 73.8 Å². The average Bonchev–Trinajstić information content (AvgIpc) is 2.56. The number of hydrogen-bond donors (Lipinski definition) is 0. The summed E-state index contributed by atoms with van der Waals surface area (Å²) in [7, 11) is 0. The number of benzene rings is 2. The Labute approximate surface area is 130 Å². The summed E-state index contributed by atoms with van der Waals surface area (Å²) in [6.45, 7) is 8.99. The first-order chi connectivity index (χ1) is 10.6. The van der Waals surface area contributed by atoms with Gasteiger partial charge in [0.15, 0.2) is 0 Å². The van der Waals surface area contributed by atoms with Gasteiger partial charge in [-0.2, -0.15) is 0 Å². The third-order valence-corrected chi connectivity index (χ3v) is 3.08. The highest BCUT2D eigenvalue weighted by molar-refractivity contribution is 5.83. The van der Waals surface area contributed by atoms with Crippen LogP contribution in [-0.2, 0) is 4.79 Å². The van der Waals surface area contributed by atoms with Crippen LogP contribution in [0.25, 0.3) is 11.1 Å². The molecule has 0 aliphatic rings. The van der Waals surface area contributed by atoms with Gasteiger partial charge < -0.3 is 9.47 Å². The van der Waals surface area contributed by atoms with E-state index in [9.17, 15) is 4.79 Å². The number of ether oxygens (including phenoxy) is 2. The van der Waals surface area contributed by atoms with Crippen LogP contribution in [0.2, 0.25) is 0 Å². The van der Waals surface area contributed by atoms with Gasteiger partial charge in [0.25, 0.3) is 0 Å². The molecular formula is C19H18O3. The van der Waals surface area contributed by atoms with Crippen LogP contribution in [0.3, 0.4) is 0 Å². The summed E-state index contributed by atoms with van der Waals surface area (Å²) in [5.74, 6) is 0.826. The zero-order valence-corrected chi connectivity index (χ0v) is 12.5. The van der Waals surface area contributed by atoms with Crippen molar-refractivity contribution in [3.63, 3.8) is 0 Å². The fraction of sp³-hybridized carbons (Fsp3) is 0.105. The van der Waals surface area contributed by atoms with Crippen LogP contribution in [-0.4, -0.2) is 12.1 Å². The number of esters is 1. The lowest BCUT2D eigenvalue weighted by Gasteiger charge is -2.11. The van der Waals surface area contributed by atoms with Crippen LogP contribution in [0.1, 0.15) is 6.92 Å². The lowest BCUT2D eigenvalue weighted by molar-refractivity contribution is -0.128. The van der Waals surface area contributed by atoms with Gasteiger partial charge in [-0.15, -0.1) is 0 Å². The molecule has 0 aliphatic heterocycles. The third kappa shape index (κ3) is 4.09. The van der Waals surface area contributed by atoms with Crippen molar-refractivity contribution < 1.29 is 14.3 Å². The molecule has 2 rings (SSSR count). The number of carbonyl (C=O) groups is 1. The molecule has 22 heavy (non-hydrogen) atoms. The third-order valence-electron chi connectivity index (χ3n) is 3.08. The summed E-state index contributed by atoms with van der Waals surface area (Å²) in [4.78, 5) is 11.1. The van der Waals surface area contributed by atoms with E-state index in [2.05, 4.69) is 13.2 Å².